The number of pyridine rings is 1. The molecule has 0 saturated heterocycles. The number of hydrogen-bond donors (Lipinski definition) is 0. The van der Waals surface area contributed by atoms with Crippen LogP contribution in [0, 0.1) is 0 Å². The maximum absolute atomic E-state index is 12.8. The lowest BCUT2D eigenvalue weighted by molar-refractivity contribution is 1.50. The molecule has 0 radical (unpaired) electrons. The molecule has 3 aromatic carbocycles. The fourth-order valence-electron chi connectivity index (χ4n) is 2.65. The van der Waals surface area contributed by atoms with E-state index in [0.29, 0.717) is 10.8 Å². The Labute approximate surface area is 129 Å². The zero-order chi connectivity index (χ0) is 14.4. The summed E-state index contributed by atoms with van der Waals surface area (Å²) < 4.78 is 0.918. The predicted molar refractivity (Wildman–Crippen MR) is 90.7 cm³/mol. The molecule has 21 heavy (non-hydrogen) atoms. The summed E-state index contributed by atoms with van der Waals surface area (Å²) >= 11 is 3.51. The molecule has 100 valence electrons. The van der Waals surface area contributed by atoms with E-state index in [9.17, 15) is 4.79 Å². The molecule has 0 aliphatic heterocycles. The first kappa shape index (κ1) is 12.5. The van der Waals surface area contributed by atoms with Gasteiger partial charge in [-0.1, -0.05) is 52.3 Å². The molecule has 0 atom stereocenters. The Morgan fingerprint density at radius 3 is 2.52 bits per heavy atom. The van der Waals surface area contributed by atoms with Gasteiger partial charge in [-0.25, -0.2) is 4.98 Å². The van der Waals surface area contributed by atoms with Gasteiger partial charge in [-0.15, -0.1) is 0 Å². The van der Waals surface area contributed by atoms with Gasteiger partial charge in [0.15, 0.2) is 5.43 Å². The van der Waals surface area contributed by atoms with Gasteiger partial charge in [-0.3, -0.25) is 4.79 Å². The van der Waals surface area contributed by atoms with Gasteiger partial charge in [0.25, 0.3) is 0 Å². The van der Waals surface area contributed by atoms with E-state index < -0.39 is 0 Å². The second kappa shape index (κ2) is 4.64. The number of hydrogen-bond acceptors (Lipinski definition) is 2. The van der Waals surface area contributed by atoms with Crippen LogP contribution in [0.5, 0.6) is 0 Å². The number of para-hydroxylation sites is 1. The van der Waals surface area contributed by atoms with Crippen LogP contribution in [0.15, 0.2) is 69.9 Å². The van der Waals surface area contributed by atoms with E-state index in [2.05, 4.69) is 20.9 Å². The minimum atomic E-state index is 0.0181. The molecular weight excluding hydrogens is 326 g/mol. The second-order valence-corrected chi connectivity index (χ2v) is 5.83. The highest BCUT2D eigenvalue weighted by Gasteiger charge is 2.06. The lowest BCUT2D eigenvalue weighted by Gasteiger charge is -1.98. The highest BCUT2D eigenvalue weighted by molar-refractivity contribution is 9.10. The van der Waals surface area contributed by atoms with E-state index in [0.717, 1.165) is 26.3 Å². The normalized spacial score (nSPS) is 11.3. The zero-order valence-electron chi connectivity index (χ0n) is 11.0. The van der Waals surface area contributed by atoms with Crippen LogP contribution in [0.25, 0.3) is 32.6 Å². The highest BCUT2D eigenvalue weighted by Crippen LogP contribution is 2.24. The molecule has 4 rings (SSSR count). The highest BCUT2D eigenvalue weighted by atomic mass is 79.9. The Morgan fingerprint density at radius 2 is 1.62 bits per heavy atom. The van der Waals surface area contributed by atoms with Gasteiger partial charge < -0.3 is 0 Å². The van der Waals surface area contributed by atoms with E-state index in [1.807, 2.05) is 60.7 Å². The molecule has 0 fully saturated rings. The summed E-state index contributed by atoms with van der Waals surface area (Å²) in [5.41, 5.74) is 1.64. The molecule has 0 bridgehead atoms. The van der Waals surface area contributed by atoms with Crippen LogP contribution in [0.2, 0.25) is 0 Å². The van der Waals surface area contributed by atoms with Crippen molar-refractivity contribution in [1.82, 2.24) is 4.98 Å². The number of fused-ring (bicyclic) bond motifs is 3. The molecule has 1 heterocycles. The average molecular weight is 336 g/mol. The Kier molecular flexibility index (Phi) is 2.76. The lowest BCUT2D eigenvalue weighted by Crippen LogP contribution is -1.99. The van der Waals surface area contributed by atoms with E-state index in [1.165, 1.54) is 0 Å². The van der Waals surface area contributed by atoms with Crippen LogP contribution >= 0.6 is 15.9 Å². The summed E-state index contributed by atoms with van der Waals surface area (Å²) in [4.78, 5) is 17.4. The molecule has 0 aliphatic carbocycles. The maximum atomic E-state index is 12.8. The molecule has 1 aromatic heterocycles. The van der Waals surface area contributed by atoms with Gasteiger partial charge >= 0.3 is 0 Å². The van der Waals surface area contributed by atoms with Crippen LogP contribution < -0.4 is 5.43 Å². The minimum Gasteiger partial charge on any atom is -0.289 e. The first-order valence-corrected chi connectivity index (χ1v) is 7.44. The third-order valence-electron chi connectivity index (χ3n) is 3.70. The quantitative estimate of drug-likeness (QED) is 0.467. The second-order valence-electron chi connectivity index (χ2n) is 4.98. The SMILES string of the molecule is O=c1c2cc3ccccc3nc2ccc2c(Br)cccc12. The van der Waals surface area contributed by atoms with Crippen LogP contribution in [-0.2, 0) is 0 Å². The van der Waals surface area contributed by atoms with Crippen LogP contribution in [0.1, 0.15) is 0 Å². The number of aromatic nitrogens is 1. The van der Waals surface area contributed by atoms with Crippen molar-refractivity contribution in [3.8, 4) is 0 Å². The molecule has 0 N–H and O–H groups in total. The summed E-state index contributed by atoms with van der Waals surface area (Å²) in [5.74, 6) is 0. The van der Waals surface area contributed by atoms with E-state index in [4.69, 9.17) is 0 Å². The van der Waals surface area contributed by atoms with E-state index in [1.54, 1.807) is 0 Å². The maximum Gasteiger partial charge on any atom is 0.195 e. The van der Waals surface area contributed by atoms with Crippen LogP contribution in [-0.4, -0.2) is 4.98 Å². The summed E-state index contributed by atoms with van der Waals surface area (Å²) in [5, 5.41) is 3.25. The van der Waals surface area contributed by atoms with Crippen molar-refractivity contribution in [2.24, 2.45) is 0 Å². The van der Waals surface area contributed by atoms with Crippen molar-refractivity contribution in [1.29, 1.82) is 0 Å². The average Bonchev–Trinajstić information content (AvgIpc) is 2.64. The molecule has 0 aliphatic rings. The Morgan fingerprint density at radius 1 is 0.762 bits per heavy atom. The molecule has 0 saturated carbocycles. The molecule has 2 nitrogen and oxygen atoms in total. The van der Waals surface area contributed by atoms with Crippen LogP contribution in [0.3, 0.4) is 0 Å². The molecule has 3 heteroatoms. The zero-order valence-corrected chi connectivity index (χ0v) is 12.6. The van der Waals surface area contributed by atoms with Gasteiger partial charge in [-0.05, 0) is 29.7 Å². The number of halogens is 1. The Hall–Kier alpha value is -2.26. The fourth-order valence-corrected chi connectivity index (χ4v) is 3.15. The largest absolute Gasteiger partial charge is 0.289 e. The first-order valence-electron chi connectivity index (χ1n) is 6.65. The molecule has 0 amide bonds. The van der Waals surface area contributed by atoms with Crippen LogP contribution in [0.4, 0.5) is 0 Å². The third-order valence-corrected chi connectivity index (χ3v) is 4.39. The third kappa shape index (κ3) is 1.93. The Bertz CT molecular complexity index is 1070. The fraction of sp³-hybridized carbons (Fsp3) is 0. The van der Waals surface area contributed by atoms with Crippen molar-refractivity contribution in [3.63, 3.8) is 0 Å². The van der Waals surface area contributed by atoms with Crippen molar-refractivity contribution in [2.75, 3.05) is 0 Å². The number of benzene rings is 2. The van der Waals surface area contributed by atoms with Gasteiger partial charge in [0, 0.05) is 20.6 Å². The Balaban J connectivity index is 2.31. The molecule has 0 unspecified atom stereocenters. The van der Waals surface area contributed by atoms with Crippen molar-refractivity contribution < 1.29 is 0 Å². The van der Waals surface area contributed by atoms with E-state index >= 15 is 0 Å². The molecule has 0 spiro atoms. The molecule has 4 aromatic rings. The summed E-state index contributed by atoms with van der Waals surface area (Å²) in [6, 6.07) is 19.3. The summed E-state index contributed by atoms with van der Waals surface area (Å²) in [6.07, 6.45) is 0. The smallest absolute Gasteiger partial charge is 0.195 e. The van der Waals surface area contributed by atoms with Crippen molar-refractivity contribution >= 4 is 48.5 Å². The van der Waals surface area contributed by atoms with Gasteiger partial charge in [0.05, 0.1) is 11.0 Å². The van der Waals surface area contributed by atoms with Crippen molar-refractivity contribution in [2.45, 2.75) is 0 Å². The minimum absolute atomic E-state index is 0.0181. The molecular formula is C18H10BrNO. The standard InChI is InChI=1S/C18H10BrNO/c19-15-6-3-5-13-12(15)8-9-17-14(18(13)21)10-11-4-1-2-7-16(11)20-17/h1-10H. The monoisotopic (exact) mass is 335 g/mol. The van der Waals surface area contributed by atoms with Gasteiger partial charge in [-0.2, -0.15) is 0 Å². The number of nitrogens with zero attached hydrogens (tertiary/aromatic N) is 1. The van der Waals surface area contributed by atoms with Gasteiger partial charge in [0.1, 0.15) is 0 Å². The van der Waals surface area contributed by atoms with Crippen molar-refractivity contribution in [3.05, 3.63) is 75.4 Å². The summed E-state index contributed by atoms with van der Waals surface area (Å²) in [7, 11) is 0. The van der Waals surface area contributed by atoms with Gasteiger partial charge in [0.2, 0.25) is 0 Å². The first-order chi connectivity index (χ1) is 10.2. The lowest BCUT2D eigenvalue weighted by atomic mass is 10.1. The predicted octanol–water partition coefficient (Wildman–Crippen LogP) is 4.66. The topological polar surface area (TPSA) is 30.0 Å². The van der Waals surface area contributed by atoms with E-state index in [-0.39, 0.29) is 5.43 Å². The number of rotatable bonds is 0. The summed E-state index contributed by atoms with van der Waals surface area (Å²) in [6.45, 7) is 0.